The molecular formula is C18H23ClN2S. The molecule has 0 spiro atoms. The molecule has 0 radical (unpaired) electrons. The number of para-hydroxylation sites is 1. The average molecular weight is 335 g/mol. The van der Waals surface area contributed by atoms with E-state index in [9.17, 15) is 0 Å². The maximum Gasteiger partial charge on any atom is 0.0931 e. The molecule has 0 amide bonds. The highest BCUT2D eigenvalue weighted by atomic mass is 35.5. The van der Waals surface area contributed by atoms with E-state index in [1.54, 1.807) is 11.3 Å². The van der Waals surface area contributed by atoms with Crippen LogP contribution in [0.3, 0.4) is 0 Å². The maximum atomic E-state index is 6.02. The molecule has 1 aliphatic rings. The Morgan fingerprint density at radius 2 is 1.82 bits per heavy atom. The van der Waals surface area contributed by atoms with Crippen molar-refractivity contribution >= 4 is 28.6 Å². The van der Waals surface area contributed by atoms with E-state index in [0.717, 1.165) is 17.4 Å². The molecule has 3 rings (SSSR count). The van der Waals surface area contributed by atoms with Crippen LogP contribution in [0.2, 0.25) is 4.34 Å². The summed E-state index contributed by atoms with van der Waals surface area (Å²) in [6.45, 7) is 4.32. The summed E-state index contributed by atoms with van der Waals surface area (Å²) in [5, 5.41) is 0. The molecule has 2 heterocycles. The number of hydrogen-bond donors (Lipinski definition) is 0. The molecule has 1 fully saturated rings. The zero-order valence-corrected chi connectivity index (χ0v) is 14.7. The van der Waals surface area contributed by atoms with Crippen LogP contribution in [0.25, 0.3) is 0 Å². The highest BCUT2D eigenvalue weighted by Crippen LogP contribution is 2.26. The van der Waals surface area contributed by atoms with Crippen LogP contribution in [0.15, 0.2) is 36.4 Å². The van der Waals surface area contributed by atoms with Crippen LogP contribution in [0, 0.1) is 0 Å². The van der Waals surface area contributed by atoms with Crippen molar-refractivity contribution < 1.29 is 0 Å². The first kappa shape index (κ1) is 15.9. The van der Waals surface area contributed by atoms with Crippen LogP contribution in [-0.4, -0.2) is 25.0 Å². The zero-order valence-electron chi connectivity index (χ0n) is 13.1. The van der Waals surface area contributed by atoms with E-state index in [-0.39, 0.29) is 0 Å². The van der Waals surface area contributed by atoms with Crippen molar-refractivity contribution in [2.24, 2.45) is 0 Å². The van der Waals surface area contributed by atoms with Gasteiger partial charge in [0.05, 0.1) is 4.34 Å². The van der Waals surface area contributed by atoms with Gasteiger partial charge in [-0.2, -0.15) is 0 Å². The lowest BCUT2D eigenvalue weighted by Crippen LogP contribution is -2.31. The lowest BCUT2D eigenvalue weighted by atomic mass is 10.1. The minimum Gasteiger partial charge on any atom is -0.371 e. The number of thiophene rings is 1. The fraction of sp³-hybridized carbons (Fsp3) is 0.444. The van der Waals surface area contributed by atoms with Crippen molar-refractivity contribution in [3.05, 3.63) is 51.2 Å². The standard InChI is InChI=1S/C18H23ClN2S/c1-20(14-16-9-10-18(19)22-16)13-15-7-3-4-8-17(15)21-11-5-2-6-12-21/h3-4,7-10H,2,5-6,11-14H2,1H3. The van der Waals surface area contributed by atoms with Crippen LogP contribution in [-0.2, 0) is 13.1 Å². The van der Waals surface area contributed by atoms with Gasteiger partial charge in [0.2, 0.25) is 0 Å². The minimum absolute atomic E-state index is 0.872. The number of piperidine rings is 1. The Bertz CT molecular complexity index is 605. The first-order valence-electron chi connectivity index (χ1n) is 7.98. The smallest absolute Gasteiger partial charge is 0.0931 e. The summed E-state index contributed by atoms with van der Waals surface area (Å²) in [4.78, 5) is 6.24. The summed E-state index contributed by atoms with van der Waals surface area (Å²) >= 11 is 7.70. The van der Waals surface area contributed by atoms with E-state index in [1.165, 1.54) is 48.5 Å². The normalized spacial score (nSPS) is 15.5. The molecular weight excluding hydrogens is 312 g/mol. The molecule has 0 unspecified atom stereocenters. The van der Waals surface area contributed by atoms with Crippen molar-refractivity contribution in [2.75, 3.05) is 25.0 Å². The molecule has 0 N–H and O–H groups in total. The lowest BCUT2D eigenvalue weighted by Gasteiger charge is -2.31. The molecule has 0 aliphatic carbocycles. The predicted molar refractivity (Wildman–Crippen MR) is 97.0 cm³/mol. The van der Waals surface area contributed by atoms with Gasteiger partial charge in [-0.3, -0.25) is 4.90 Å². The van der Waals surface area contributed by atoms with Gasteiger partial charge in [0.25, 0.3) is 0 Å². The summed E-state index contributed by atoms with van der Waals surface area (Å²) in [5.74, 6) is 0. The molecule has 0 atom stereocenters. The summed E-state index contributed by atoms with van der Waals surface area (Å²) in [5.41, 5.74) is 2.84. The molecule has 0 saturated carbocycles. The van der Waals surface area contributed by atoms with Gasteiger partial charge in [0.15, 0.2) is 0 Å². The third kappa shape index (κ3) is 4.03. The number of halogens is 1. The van der Waals surface area contributed by atoms with Crippen LogP contribution >= 0.6 is 22.9 Å². The second kappa shape index (κ2) is 7.49. The molecule has 0 bridgehead atoms. The van der Waals surface area contributed by atoms with Gasteiger partial charge in [0, 0.05) is 36.7 Å². The van der Waals surface area contributed by atoms with E-state index < -0.39 is 0 Å². The molecule has 118 valence electrons. The first-order chi connectivity index (χ1) is 10.7. The van der Waals surface area contributed by atoms with Gasteiger partial charge >= 0.3 is 0 Å². The van der Waals surface area contributed by atoms with Gasteiger partial charge in [-0.25, -0.2) is 0 Å². The monoisotopic (exact) mass is 334 g/mol. The number of nitrogens with zero attached hydrogens (tertiary/aromatic N) is 2. The Labute approximate surface area is 142 Å². The van der Waals surface area contributed by atoms with Crippen molar-refractivity contribution in [3.8, 4) is 0 Å². The fourth-order valence-corrected chi connectivity index (χ4v) is 4.31. The Hall–Kier alpha value is -1.03. The molecule has 1 aliphatic heterocycles. The maximum absolute atomic E-state index is 6.02. The summed E-state index contributed by atoms with van der Waals surface area (Å²) in [7, 11) is 2.18. The molecule has 2 aromatic rings. The van der Waals surface area contributed by atoms with Gasteiger partial charge in [-0.05, 0) is 50.1 Å². The van der Waals surface area contributed by atoms with Crippen molar-refractivity contribution in [1.82, 2.24) is 4.90 Å². The van der Waals surface area contributed by atoms with Crippen LogP contribution in [0.4, 0.5) is 5.69 Å². The molecule has 1 aromatic carbocycles. The second-order valence-electron chi connectivity index (χ2n) is 6.05. The first-order valence-corrected chi connectivity index (χ1v) is 9.17. The summed E-state index contributed by atoms with van der Waals surface area (Å²) in [6.07, 6.45) is 4.01. The molecule has 4 heteroatoms. The van der Waals surface area contributed by atoms with Crippen molar-refractivity contribution in [2.45, 2.75) is 32.4 Å². The SMILES string of the molecule is CN(Cc1ccc(Cl)s1)Cc1ccccc1N1CCCCC1. The number of rotatable bonds is 5. The van der Waals surface area contributed by atoms with E-state index in [1.807, 2.05) is 6.07 Å². The third-order valence-electron chi connectivity index (χ3n) is 4.18. The average Bonchev–Trinajstić information content (AvgIpc) is 2.93. The molecule has 22 heavy (non-hydrogen) atoms. The van der Waals surface area contributed by atoms with E-state index >= 15 is 0 Å². The predicted octanol–water partition coefficient (Wildman–Crippen LogP) is 5.02. The van der Waals surface area contributed by atoms with Crippen LogP contribution < -0.4 is 4.90 Å². The minimum atomic E-state index is 0.872. The summed E-state index contributed by atoms with van der Waals surface area (Å²) < 4.78 is 0.872. The molecule has 2 nitrogen and oxygen atoms in total. The quantitative estimate of drug-likeness (QED) is 0.757. The molecule has 1 saturated heterocycles. The zero-order chi connectivity index (χ0) is 15.4. The number of hydrogen-bond acceptors (Lipinski definition) is 3. The highest BCUT2D eigenvalue weighted by molar-refractivity contribution is 7.16. The van der Waals surface area contributed by atoms with E-state index in [2.05, 4.69) is 47.2 Å². The Kier molecular flexibility index (Phi) is 5.40. The number of benzene rings is 1. The van der Waals surface area contributed by atoms with Gasteiger partial charge in [-0.1, -0.05) is 29.8 Å². The van der Waals surface area contributed by atoms with E-state index in [0.29, 0.717) is 0 Å². The van der Waals surface area contributed by atoms with Crippen molar-refractivity contribution in [3.63, 3.8) is 0 Å². The van der Waals surface area contributed by atoms with Gasteiger partial charge in [0.1, 0.15) is 0 Å². The van der Waals surface area contributed by atoms with Crippen LogP contribution in [0.1, 0.15) is 29.7 Å². The topological polar surface area (TPSA) is 6.48 Å². The summed E-state index contributed by atoms with van der Waals surface area (Å²) in [6, 6.07) is 13.0. The molecule has 1 aromatic heterocycles. The number of anilines is 1. The lowest BCUT2D eigenvalue weighted by molar-refractivity contribution is 0.322. The van der Waals surface area contributed by atoms with Gasteiger partial charge < -0.3 is 4.90 Å². The Balaban J connectivity index is 1.68. The van der Waals surface area contributed by atoms with Crippen molar-refractivity contribution in [1.29, 1.82) is 0 Å². The largest absolute Gasteiger partial charge is 0.371 e. The van der Waals surface area contributed by atoms with Crippen LogP contribution in [0.5, 0.6) is 0 Å². The fourth-order valence-electron chi connectivity index (χ4n) is 3.14. The highest BCUT2D eigenvalue weighted by Gasteiger charge is 2.15. The van der Waals surface area contributed by atoms with Gasteiger partial charge in [-0.15, -0.1) is 11.3 Å². The third-order valence-corrected chi connectivity index (χ3v) is 5.40. The Morgan fingerprint density at radius 1 is 1.05 bits per heavy atom. The van der Waals surface area contributed by atoms with E-state index in [4.69, 9.17) is 11.6 Å². The Morgan fingerprint density at radius 3 is 2.55 bits per heavy atom. The second-order valence-corrected chi connectivity index (χ2v) is 7.85.